The molecule has 0 aliphatic carbocycles. The Labute approximate surface area is 212 Å². The summed E-state index contributed by atoms with van der Waals surface area (Å²) in [6.45, 7) is 0.646. The number of carbonyl (C=O) groups is 3. The largest absolute Gasteiger partial charge is 1.00 e. The average Bonchev–Trinajstić information content (AvgIpc) is 2.67. The van der Waals surface area contributed by atoms with Gasteiger partial charge in [0.25, 0.3) is 5.91 Å². The number of ether oxygens (including phenoxy) is 1. The molecule has 2 atom stereocenters. The maximum Gasteiger partial charge on any atom is 1.00 e. The van der Waals surface area contributed by atoms with E-state index in [2.05, 4.69) is 4.99 Å². The number of aliphatic carboxylic acids is 1. The third kappa shape index (κ3) is 5.47. The third-order valence-electron chi connectivity index (χ3n) is 4.26. The van der Waals surface area contributed by atoms with Gasteiger partial charge in [-0.2, -0.15) is 0 Å². The van der Waals surface area contributed by atoms with E-state index in [4.69, 9.17) is 27.9 Å². The van der Waals surface area contributed by atoms with Crippen molar-refractivity contribution in [2.24, 2.45) is 4.99 Å². The number of aromatic nitrogens is 1. The van der Waals surface area contributed by atoms with Gasteiger partial charge in [0.2, 0.25) is 5.43 Å². The molecule has 1 amide bonds. The first-order valence-electron chi connectivity index (χ1n) is 8.42. The van der Waals surface area contributed by atoms with Crippen LogP contribution < -0.4 is 40.1 Å². The molecule has 31 heavy (non-hydrogen) atoms. The van der Waals surface area contributed by atoms with Gasteiger partial charge in [-0.15, -0.1) is 11.8 Å². The molecule has 3 rings (SSSR count). The topological polar surface area (TPSA) is 141 Å². The number of hydrogen-bond donors (Lipinski definition) is 1. The normalized spacial score (nSPS) is 20.5. The Morgan fingerprint density at radius 1 is 1.32 bits per heavy atom. The van der Waals surface area contributed by atoms with Gasteiger partial charge in [-0.25, -0.2) is 4.79 Å². The van der Waals surface area contributed by atoms with Crippen LogP contribution in [0, 0.1) is 0 Å². The maximum absolute atomic E-state index is 12.5. The van der Waals surface area contributed by atoms with Crippen molar-refractivity contribution in [2.75, 3.05) is 12.4 Å². The van der Waals surface area contributed by atoms with Gasteiger partial charge in [-0.3, -0.25) is 24.3 Å². The molecule has 1 aromatic heterocycles. The number of carboxylic acids is 1. The summed E-state index contributed by atoms with van der Waals surface area (Å²) >= 11 is 12.7. The Morgan fingerprint density at radius 3 is 2.48 bits per heavy atom. The number of carboxylic acid groups (broad SMARTS) is 1. The van der Waals surface area contributed by atoms with Crippen LogP contribution in [0.15, 0.2) is 33.5 Å². The van der Waals surface area contributed by atoms with Crippen molar-refractivity contribution in [3.8, 4) is 0 Å². The zero-order chi connectivity index (χ0) is 22.2. The number of nitrogens with zero attached hydrogens (tertiary/aromatic N) is 3. The van der Waals surface area contributed by atoms with Crippen molar-refractivity contribution < 1.29 is 58.9 Å². The molecule has 1 saturated heterocycles. The fraction of sp³-hybridized carbons (Fsp3) is 0.353. The van der Waals surface area contributed by atoms with Crippen LogP contribution in [0.25, 0.3) is 0 Å². The summed E-state index contributed by atoms with van der Waals surface area (Å²) in [4.78, 5) is 51.6. The number of halogens is 2. The van der Waals surface area contributed by atoms with Gasteiger partial charge in [0.1, 0.15) is 27.7 Å². The van der Waals surface area contributed by atoms with Crippen molar-refractivity contribution in [1.82, 2.24) is 9.47 Å². The van der Waals surface area contributed by atoms with Gasteiger partial charge in [0.05, 0.1) is 0 Å². The van der Waals surface area contributed by atoms with E-state index in [0.29, 0.717) is 0 Å². The van der Waals surface area contributed by atoms with E-state index < -0.39 is 40.6 Å². The monoisotopic (exact) mass is 497 g/mol. The van der Waals surface area contributed by atoms with Gasteiger partial charge >= 0.3 is 41.5 Å². The summed E-state index contributed by atoms with van der Waals surface area (Å²) in [6, 6.07) is -1.04. The van der Waals surface area contributed by atoms with E-state index in [1.165, 1.54) is 35.6 Å². The molecule has 0 aromatic carbocycles. The molecule has 0 saturated carbocycles. The number of carbonyl (C=O) groups excluding carboxylic acids is 2. The molecule has 1 fully saturated rings. The number of esters is 1. The van der Waals surface area contributed by atoms with Gasteiger partial charge < -0.3 is 19.5 Å². The fourth-order valence-electron chi connectivity index (χ4n) is 2.95. The zero-order valence-electron chi connectivity index (χ0n) is 16.3. The number of hydrogen-bond acceptors (Lipinski definition) is 8. The molecular formula is C17H14Cl2N3NaO7S. The number of pyridine rings is 1. The molecule has 0 unspecified atom stereocenters. The smallest absolute Gasteiger partial charge is 0.861 e. The van der Waals surface area contributed by atoms with E-state index in [0.717, 1.165) is 4.90 Å². The molecule has 2 aliphatic heterocycles. The quantitative estimate of drug-likeness (QED) is 0.145. The Balaban J connectivity index is 0.00000341. The summed E-state index contributed by atoms with van der Waals surface area (Å²) in [5, 5.41) is 20.8. The van der Waals surface area contributed by atoms with Crippen LogP contribution in [0.3, 0.4) is 0 Å². The number of β-lactam (4-membered cyclic amide) rings is 1. The fourth-order valence-corrected chi connectivity index (χ4v) is 4.76. The zero-order valence-corrected chi connectivity index (χ0v) is 20.7. The van der Waals surface area contributed by atoms with Crippen molar-refractivity contribution >= 4 is 58.7 Å². The number of aliphatic imine (C=N–C) groups is 1. The minimum atomic E-state index is -1.34. The summed E-state index contributed by atoms with van der Waals surface area (Å²) in [5.74, 6) is -3.02. The minimum absolute atomic E-state index is 0. The van der Waals surface area contributed by atoms with E-state index in [1.807, 2.05) is 0 Å². The average molecular weight is 498 g/mol. The Morgan fingerprint density at radius 2 is 1.94 bits per heavy atom. The molecule has 160 valence electrons. The Bertz CT molecular complexity index is 1030. The van der Waals surface area contributed by atoms with Gasteiger partial charge in [-0.05, 0) is 5.90 Å². The van der Waals surface area contributed by atoms with E-state index in [1.54, 1.807) is 0 Å². The standard InChI is InChI=1S/C17H15Cl2N3O7S.Na/c1-7(23)29-5-8-6-30-16-12(15(26)22(16)13(8)17(27)28)20-11(24)4-21-2-9(18)14(25)10(19)3-21;/h2-3,12,16H,4-6H2,1H3,(H,20,24)(H,27,28);/q;+1/p-1/t12-,16-;/m1./s1. The van der Waals surface area contributed by atoms with Crippen LogP contribution >= 0.6 is 35.0 Å². The molecule has 0 radical (unpaired) electrons. The second-order valence-corrected chi connectivity index (χ2v) is 8.29. The predicted octanol–water partition coefficient (Wildman–Crippen LogP) is -2.90. The van der Waals surface area contributed by atoms with Crippen LogP contribution in [-0.4, -0.2) is 62.1 Å². The second kappa shape index (κ2) is 10.4. The van der Waals surface area contributed by atoms with E-state index in [9.17, 15) is 29.4 Å². The summed E-state index contributed by atoms with van der Waals surface area (Å²) in [5.41, 5.74) is -0.544. The SMILES string of the molecule is CC(=O)OCC1=C(C(=O)O)N2C(=O)[C@@H](N=C([O-])Cn3cc(Cl)c(=O)c(Cl)c3)[C@H]2SC1.[Na+]. The first-order chi connectivity index (χ1) is 14.1. The van der Waals surface area contributed by atoms with Crippen LogP contribution in [0.4, 0.5) is 0 Å². The first kappa shape index (κ1) is 25.8. The number of thioether (sulfide) groups is 1. The third-order valence-corrected chi connectivity index (χ3v) is 6.13. The maximum atomic E-state index is 12.5. The summed E-state index contributed by atoms with van der Waals surface area (Å²) < 4.78 is 6.13. The molecule has 1 N–H and O–H groups in total. The predicted molar refractivity (Wildman–Crippen MR) is 106 cm³/mol. The van der Waals surface area contributed by atoms with Crippen molar-refractivity contribution in [1.29, 1.82) is 0 Å². The van der Waals surface area contributed by atoms with Crippen LogP contribution in [0.5, 0.6) is 0 Å². The van der Waals surface area contributed by atoms with Crippen molar-refractivity contribution in [3.05, 3.63) is 43.9 Å². The van der Waals surface area contributed by atoms with Crippen LogP contribution in [-0.2, 0) is 25.7 Å². The van der Waals surface area contributed by atoms with Crippen LogP contribution in [0.1, 0.15) is 6.92 Å². The summed E-state index contributed by atoms with van der Waals surface area (Å²) in [6.07, 6.45) is 2.44. The molecular weight excluding hydrogens is 484 g/mol. The van der Waals surface area contributed by atoms with Gasteiger partial charge in [0, 0.05) is 37.2 Å². The molecule has 0 spiro atoms. The Hall–Kier alpha value is -1.50. The van der Waals surface area contributed by atoms with Crippen molar-refractivity contribution in [2.45, 2.75) is 24.9 Å². The number of rotatable bonds is 6. The summed E-state index contributed by atoms with van der Waals surface area (Å²) in [7, 11) is 0. The Kier molecular flexibility index (Phi) is 8.65. The second-order valence-electron chi connectivity index (χ2n) is 6.37. The van der Waals surface area contributed by atoms with Crippen molar-refractivity contribution in [3.63, 3.8) is 0 Å². The van der Waals surface area contributed by atoms with Gasteiger partial charge in [-0.1, -0.05) is 23.2 Å². The molecule has 1 aromatic rings. The molecule has 0 bridgehead atoms. The van der Waals surface area contributed by atoms with Gasteiger partial charge in [0.15, 0.2) is 6.04 Å². The molecule has 3 heterocycles. The molecule has 10 nitrogen and oxygen atoms in total. The molecule has 14 heteroatoms. The minimum Gasteiger partial charge on any atom is -0.861 e. The first-order valence-corrected chi connectivity index (χ1v) is 10.2. The van der Waals surface area contributed by atoms with E-state index in [-0.39, 0.29) is 69.8 Å². The van der Waals surface area contributed by atoms with Crippen LogP contribution in [0.2, 0.25) is 10.0 Å². The van der Waals surface area contributed by atoms with E-state index >= 15 is 0 Å². The number of amides is 1. The number of fused-ring (bicyclic) bond motifs is 1. The molecule has 2 aliphatic rings.